The fraction of sp³-hybridized carbons (Fsp3) is 0. The van der Waals surface area contributed by atoms with Crippen molar-refractivity contribution in [2.24, 2.45) is 11.5 Å². The van der Waals surface area contributed by atoms with Crippen LogP contribution in [0, 0.1) is 0 Å². The lowest BCUT2D eigenvalue weighted by Gasteiger charge is -1.90. The van der Waals surface area contributed by atoms with E-state index >= 15 is 0 Å². The molecule has 0 aliphatic carbocycles. The van der Waals surface area contributed by atoms with Crippen molar-refractivity contribution >= 4 is 18.0 Å². The zero-order valence-electron chi connectivity index (χ0n) is 4.29. The maximum Gasteiger partial charge on any atom is 0.412 e. The summed E-state index contributed by atoms with van der Waals surface area (Å²) in [6, 6.07) is 0. The number of nitrogens with two attached hydrogens (primary N) is 2. The molecule has 0 saturated carbocycles. The lowest BCUT2D eigenvalue weighted by Crippen LogP contribution is -2.29. The number of amides is 2. The molecule has 0 aliphatic heterocycles. The van der Waals surface area contributed by atoms with E-state index < -0.39 is 18.0 Å². The third-order valence-corrected chi connectivity index (χ3v) is 0.394. The van der Waals surface area contributed by atoms with E-state index in [-0.39, 0.29) is 0 Å². The third kappa shape index (κ3) is 3.03. The quantitative estimate of drug-likeness (QED) is 0.227. The third-order valence-electron chi connectivity index (χ3n) is 0.394. The van der Waals surface area contributed by atoms with E-state index in [2.05, 4.69) is 16.2 Å². The van der Waals surface area contributed by atoms with E-state index in [9.17, 15) is 14.4 Å². The summed E-state index contributed by atoms with van der Waals surface area (Å²) in [6.07, 6.45) is -1.35. The number of ether oxygens (including phenoxy) is 1. The second kappa shape index (κ2) is 2.65. The largest absolute Gasteiger partial charge is 0.412 e. The molecular formula is C3H4N2O4. The molecule has 6 nitrogen and oxygen atoms in total. The molecule has 4 N–H and O–H groups in total. The van der Waals surface area contributed by atoms with Crippen molar-refractivity contribution in [3.8, 4) is 0 Å². The van der Waals surface area contributed by atoms with Gasteiger partial charge in [-0.2, -0.15) is 0 Å². The Morgan fingerprint density at radius 2 is 1.56 bits per heavy atom. The van der Waals surface area contributed by atoms with Gasteiger partial charge in [0.1, 0.15) is 0 Å². The molecule has 0 aromatic carbocycles. The van der Waals surface area contributed by atoms with Crippen LogP contribution in [0.3, 0.4) is 0 Å². The first-order valence-corrected chi connectivity index (χ1v) is 1.85. The van der Waals surface area contributed by atoms with E-state index in [1.54, 1.807) is 0 Å². The highest BCUT2D eigenvalue weighted by Crippen LogP contribution is 1.73. The summed E-state index contributed by atoms with van der Waals surface area (Å²) in [5.74, 6) is -2.81. The molecule has 2 amide bonds. The predicted octanol–water partition coefficient (Wildman–Crippen LogP) is -1.91. The fourth-order valence-electron chi connectivity index (χ4n) is 0.142. The SMILES string of the molecule is NC(=O)OC(=O)C(N)=O. The molecule has 0 atom stereocenters. The number of primary amides is 2. The van der Waals surface area contributed by atoms with Gasteiger partial charge in [-0.15, -0.1) is 0 Å². The zero-order chi connectivity index (χ0) is 7.44. The van der Waals surface area contributed by atoms with Crippen molar-refractivity contribution in [2.45, 2.75) is 0 Å². The molecule has 50 valence electrons. The summed E-state index contributed by atoms with van der Waals surface area (Å²) in [5, 5.41) is 0. The number of rotatable bonds is 0. The van der Waals surface area contributed by atoms with Crippen LogP contribution in [0.2, 0.25) is 0 Å². The summed E-state index contributed by atoms with van der Waals surface area (Å²) in [7, 11) is 0. The van der Waals surface area contributed by atoms with Crippen molar-refractivity contribution in [1.29, 1.82) is 0 Å². The Kier molecular flexibility index (Phi) is 2.18. The summed E-state index contributed by atoms with van der Waals surface area (Å²) >= 11 is 0. The van der Waals surface area contributed by atoms with Gasteiger partial charge in [0.2, 0.25) is 0 Å². The molecule has 0 rings (SSSR count). The van der Waals surface area contributed by atoms with Crippen LogP contribution in [0.25, 0.3) is 0 Å². The molecule has 0 fully saturated rings. The minimum Gasteiger partial charge on any atom is -0.369 e. The average molecular weight is 132 g/mol. The standard InChI is InChI=1S/C3H4N2O4/c4-1(6)2(7)9-3(5)8/h(H2,4,6)(H2,5,8). The number of esters is 1. The van der Waals surface area contributed by atoms with Gasteiger partial charge in [-0.25, -0.2) is 9.59 Å². The van der Waals surface area contributed by atoms with Gasteiger partial charge in [0.05, 0.1) is 0 Å². The Balaban J connectivity index is 3.79. The molecule has 0 radical (unpaired) electrons. The van der Waals surface area contributed by atoms with Crippen LogP contribution in [0.5, 0.6) is 0 Å². The molecule has 0 saturated heterocycles. The highest BCUT2D eigenvalue weighted by molar-refractivity contribution is 6.33. The number of hydrogen-bond donors (Lipinski definition) is 2. The molecule has 0 spiro atoms. The monoisotopic (exact) mass is 132 g/mol. The smallest absolute Gasteiger partial charge is 0.369 e. The zero-order valence-corrected chi connectivity index (χ0v) is 4.29. The van der Waals surface area contributed by atoms with Crippen molar-refractivity contribution in [1.82, 2.24) is 0 Å². The van der Waals surface area contributed by atoms with Gasteiger partial charge in [0, 0.05) is 0 Å². The van der Waals surface area contributed by atoms with Crippen molar-refractivity contribution in [2.75, 3.05) is 0 Å². The Labute approximate surface area is 49.7 Å². The molecule has 0 unspecified atom stereocenters. The van der Waals surface area contributed by atoms with Gasteiger partial charge in [-0.05, 0) is 0 Å². The normalized spacial score (nSPS) is 8.00. The minimum absolute atomic E-state index is 1.35. The molecule has 0 aliphatic rings. The molecular weight excluding hydrogens is 128 g/mol. The van der Waals surface area contributed by atoms with Gasteiger partial charge in [0.15, 0.2) is 0 Å². The summed E-state index contributed by atoms with van der Waals surface area (Å²) in [4.78, 5) is 29.4. The Bertz CT molecular complexity index is 163. The van der Waals surface area contributed by atoms with E-state index in [4.69, 9.17) is 0 Å². The summed E-state index contributed by atoms with van der Waals surface area (Å²) < 4.78 is 3.54. The first kappa shape index (κ1) is 7.41. The van der Waals surface area contributed by atoms with Gasteiger partial charge in [-0.1, -0.05) is 0 Å². The van der Waals surface area contributed by atoms with Crippen LogP contribution in [0.4, 0.5) is 4.79 Å². The lowest BCUT2D eigenvalue weighted by atomic mass is 10.7. The van der Waals surface area contributed by atoms with Crippen LogP contribution in [-0.4, -0.2) is 18.0 Å². The Morgan fingerprint density at radius 3 is 1.67 bits per heavy atom. The second-order valence-corrected chi connectivity index (χ2v) is 1.07. The van der Waals surface area contributed by atoms with Crippen LogP contribution < -0.4 is 11.5 Å². The van der Waals surface area contributed by atoms with E-state index in [0.717, 1.165) is 0 Å². The first-order chi connectivity index (χ1) is 4.04. The Hall–Kier alpha value is -1.59. The van der Waals surface area contributed by atoms with Crippen LogP contribution >= 0.6 is 0 Å². The van der Waals surface area contributed by atoms with Gasteiger partial charge in [0.25, 0.3) is 0 Å². The van der Waals surface area contributed by atoms with Crippen molar-refractivity contribution < 1.29 is 19.1 Å². The molecule has 9 heavy (non-hydrogen) atoms. The molecule has 0 heterocycles. The van der Waals surface area contributed by atoms with Crippen LogP contribution in [0.1, 0.15) is 0 Å². The number of carbonyl (C=O) groups excluding carboxylic acids is 3. The van der Waals surface area contributed by atoms with E-state index in [1.807, 2.05) is 0 Å². The molecule has 0 bridgehead atoms. The molecule has 6 heteroatoms. The highest BCUT2D eigenvalue weighted by atomic mass is 16.6. The Morgan fingerprint density at radius 1 is 1.11 bits per heavy atom. The summed E-state index contributed by atoms with van der Waals surface area (Å²) in [6.45, 7) is 0. The van der Waals surface area contributed by atoms with Crippen molar-refractivity contribution in [3.63, 3.8) is 0 Å². The molecule has 0 aromatic heterocycles. The van der Waals surface area contributed by atoms with E-state index in [1.165, 1.54) is 0 Å². The van der Waals surface area contributed by atoms with Gasteiger partial charge < -0.3 is 16.2 Å². The molecule has 0 aromatic rings. The highest BCUT2D eigenvalue weighted by Gasteiger charge is 2.12. The minimum atomic E-state index is -1.46. The van der Waals surface area contributed by atoms with Crippen LogP contribution in [-0.2, 0) is 14.3 Å². The topological polar surface area (TPSA) is 112 Å². The summed E-state index contributed by atoms with van der Waals surface area (Å²) in [5.41, 5.74) is 8.70. The number of carbonyl (C=O) groups is 3. The first-order valence-electron chi connectivity index (χ1n) is 1.85. The lowest BCUT2D eigenvalue weighted by molar-refractivity contribution is -0.148. The van der Waals surface area contributed by atoms with Crippen molar-refractivity contribution in [3.05, 3.63) is 0 Å². The van der Waals surface area contributed by atoms with Crippen LogP contribution in [0.15, 0.2) is 0 Å². The predicted molar refractivity (Wildman–Crippen MR) is 24.9 cm³/mol. The second-order valence-electron chi connectivity index (χ2n) is 1.07. The maximum absolute atomic E-state index is 9.96. The fourth-order valence-corrected chi connectivity index (χ4v) is 0.142. The average Bonchev–Trinajstić information content (AvgIpc) is 1.63. The maximum atomic E-state index is 9.96. The van der Waals surface area contributed by atoms with Gasteiger partial charge in [-0.3, -0.25) is 4.79 Å². The van der Waals surface area contributed by atoms with Gasteiger partial charge >= 0.3 is 18.0 Å². The van der Waals surface area contributed by atoms with E-state index in [0.29, 0.717) is 0 Å². The number of hydrogen-bond acceptors (Lipinski definition) is 4.